The largest absolute Gasteiger partial charge is 0.484 e. The molecule has 0 aliphatic heterocycles. The SMILES string of the molecule is O=[N+]([O-])c1ccc(OCC(F)(F)F)cc1Br. The molecule has 8 heteroatoms. The van der Waals surface area contributed by atoms with Gasteiger partial charge in [0.15, 0.2) is 6.61 Å². The lowest BCUT2D eigenvalue weighted by molar-refractivity contribution is -0.385. The highest BCUT2D eigenvalue weighted by molar-refractivity contribution is 9.10. The second kappa shape index (κ2) is 4.69. The Morgan fingerprint density at radius 3 is 2.50 bits per heavy atom. The molecule has 0 bridgehead atoms. The first kappa shape index (κ1) is 12.8. The van der Waals surface area contributed by atoms with Crippen LogP contribution in [0.15, 0.2) is 22.7 Å². The van der Waals surface area contributed by atoms with Crippen LogP contribution in [-0.4, -0.2) is 17.7 Å². The Balaban J connectivity index is 2.78. The molecule has 0 fully saturated rings. The van der Waals surface area contributed by atoms with Crippen molar-refractivity contribution in [3.8, 4) is 5.75 Å². The van der Waals surface area contributed by atoms with Crippen molar-refractivity contribution in [1.82, 2.24) is 0 Å². The van der Waals surface area contributed by atoms with Gasteiger partial charge in [-0.25, -0.2) is 0 Å². The molecular formula is C8H5BrF3NO3. The van der Waals surface area contributed by atoms with E-state index < -0.39 is 17.7 Å². The van der Waals surface area contributed by atoms with Crippen molar-refractivity contribution in [3.05, 3.63) is 32.8 Å². The van der Waals surface area contributed by atoms with Gasteiger partial charge in [-0.3, -0.25) is 10.1 Å². The standard InChI is InChI=1S/C8H5BrF3NO3/c9-6-3-5(16-4-8(10,11)12)1-2-7(6)13(14)15/h1-3H,4H2. The van der Waals surface area contributed by atoms with Crippen LogP contribution >= 0.6 is 15.9 Å². The van der Waals surface area contributed by atoms with Crippen molar-refractivity contribution < 1.29 is 22.8 Å². The summed E-state index contributed by atoms with van der Waals surface area (Å²) in [4.78, 5) is 9.75. The third-order valence-electron chi connectivity index (χ3n) is 1.52. The molecule has 0 aliphatic carbocycles. The Kier molecular flexibility index (Phi) is 3.74. The quantitative estimate of drug-likeness (QED) is 0.635. The van der Waals surface area contributed by atoms with Gasteiger partial charge in [0.1, 0.15) is 5.75 Å². The van der Waals surface area contributed by atoms with E-state index in [1.165, 1.54) is 0 Å². The molecule has 0 spiro atoms. The Morgan fingerprint density at radius 2 is 2.06 bits per heavy atom. The molecule has 16 heavy (non-hydrogen) atoms. The molecule has 0 heterocycles. The van der Waals surface area contributed by atoms with E-state index in [1.807, 2.05) is 0 Å². The highest BCUT2D eigenvalue weighted by Gasteiger charge is 2.28. The number of nitrogens with zero attached hydrogens (tertiary/aromatic N) is 1. The Hall–Kier alpha value is -1.31. The molecule has 1 rings (SSSR count). The molecule has 0 N–H and O–H groups in total. The molecule has 0 saturated heterocycles. The monoisotopic (exact) mass is 299 g/mol. The summed E-state index contributed by atoms with van der Waals surface area (Å²) >= 11 is 2.87. The van der Waals surface area contributed by atoms with Gasteiger partial charge in [0.25, 0.3) is 5.69 Å². The third-order valence-corrected chi connectivity index (χ3v) is 2.15. The first-order chi connectivity index (χ1) is 7.29. The number of rotatable bonds is 3. The van der Waals surface area contributed by atoms with Crippen molar-refractivity contribution in [2.75, 3.05) is 6.61 Å². The lowest BCUT2D eigenvalue weighted by Gasteiger charge is -2.09. The first-order valence-corrected chi connectivity index (χ1v) is 4.72. The summed E-state index contributed by atoms with van der Waals surface area (Å²) < 4.78 is 39.9. The van der Waals surface area contributed by atoms with Crippen LogP contribution in [0.5, 0.6) is 5.75 Å². The van der Waals surface area contributed by atoms with Crippen molar-refractivity contribution >= 4 is 21.6 Å². The van der Waals surface area contributed by atoms with Gasteiger partial charge in [0.05, 0.1) is 9.40 Å². The van der Waals surface area contributed by atoms with Gasteiger partial charge >= 0.3 is 6.18 Å². The maximum Gasteiger partial charge on any atom is 0.422 e. The van der Waals surface area contributed by atoms with Crippen molar-refractivity contribution in [1.29, 1.82) is 0 Å². The van der Waals surface area contributed by atoms with Crippen molar-refractivity contribution in [3.63, 3.8) is 0 Å². The minimum absolute atomic E-state index is 0.0668. The zero-order valence-electron chi connectivity index (χ0n) is 7.62. The van der Waals surface area contributed by atoms with Gasteiger partial charge in [0.2, 0.25) is 0 Å². The van der Waals surface area contributed by atoms with Crippen molar-refractivity contribution in [2.24, 2.45) is 0 Å². The summed E-state index contributed by atoms with van der Waals surface area (Å²) in [5.74, 6) is -0.0881. The predicted molar refractivity (Wildman–Crippen MR) is 52.3 cm³/mol. The number of ether oxygens (including phenoxy) is 1. The van der Waals surface area contributed by atoms with Crippen LogP contribution in [0.3, 0.4) is 0 Å². The normalized spacial score (nSPS) is 11.2. The second-order valence-corrected chi connectivity index (χ2v) is 3.63. The summed E-state index contributed by atoms with van der Waals surface area (Å²) in [6.07, 6.45) is -4.44. The number of nitro benzene ring substituents is 1. The summed E-state index contributed by atoms with van der Waals surface area (Å²) in [7, 11) is 0. The van der Waals surface area contributed by atoms with E-state index in [-0.39, 0.29) is 15.9 Å². The summed E-state index contributed by atoms with van der Waals surface area (Å²) in [6.45, 7) is -1.43. The minimum atomic E-state index is -4.44. The predicted octanol–water partition coefficient (Wildman–Crippen LogP) is 3.30. The van der Waals surface area contributed by atoms with Crippen LogP contribution in [0, 0.1) is 10.1 Å². The van der Waals surface area contributed by atoms with Gasteiger partial charge in [-0.05, 0) is 22.0 Å². The Morgan fingerprint density at radius 1 is 1.44 bits per heavy atom. The molecule has 0 unspecified atom stereocenters. The van der Waals surface area contributed by atoms with Crippen LogP contribution < -0.4 is 4.74 Å². The molecule has 4 nitrogen and oxygen atoms in total. The molecule has 0 aliphatic rings. The van der Waals surface area contributed by atoms with Gasteiger partial charge in [-0.2, -0.15) is 13.2 Å². The smallest absolute Gasteiger partial charge is 0.422 e. The second-order valence-electron chi connectivity index (χ2n) is 2.77. The van der Waals surface area contributed by atoms with Crippen LogP contribution in [0.25, 0.3) is 0 Å². The highest BCUT2D eigenvalue weighted by Crippen LogP contribution is 2.29. The summed E-state index contributed by atoms with van der Waals surface area (Å²) in [6, 6.07) is 3.29. The van der Waals surface area contributed by atoms with E-state index in [0.29, 0.717) is 0 Å². The molecule has 88 valence electrons. The molecule has 0 atom stereocenters. The number of hydrogen-bond donors (Lipinski definition) is 0. The third kappa shape index (κ3) is 3.69. The Bertz CT molecular complexity index is 408. The molecule has 0 amide bonds. The number of hydrogen-bond acceptors (Lipinski definition) is 3. The number of benzene rings is 1. The molecule has 0 radical (unpaired) electrons. The van der Waals surface area contributed by atoms with E-state index in [9.17, 15) is 23.3 Å². The van der Waals surface area contributed by atoms with E-state index in [4.69, 9.17) is 0 Å². The van der Waals surface area contributed by atoms with Crippen LogP contribution in [-0.2, 0) is 0 Å². The number of nitro groups is 1. The molecule has 0 saturated carbocycles. The van der Waals surface area contributed by atoms with Crippen molar-refractivity contribution in [2.45, 2.75) is 6.18 Å². The fraction of sp³-hybridized carbons (Fsp3) is 0.250. The zero-order chi connectivity index (χ0) is 12.3. The van der Waals surface area contributed by atoms with Gasteiger partial charge in [-0.1, -0.05) is 0 Å². The topological polar surface area (TPSA) is 52.4 Å². The zero-order valence-corrected chi connectivity index (χ0v) is 9.21. The Labute approximate surface area is 96.3 Å². The molecule has 0 aromatic heterocycles. The number of halogens is 4. The lowest BCUT2D eigenvalue weighted by atomic mass is 10.3. The summed E-state index contributed by atoms with van der Waals surface area (Å²) in [5, 5.41) is 10.4. The number of alkyl halides is 3. The molecular weight excluding hydrogens is 295 g/mol. The van der Waals surface area contributed by atoms with Gasteiger partial charge in [-0.15, -0.1) is 0 Å². The first-order valence-electron chi connectivity index (χ1n) is 3.93. The van der Waals surface area contributed by atoms with E-state index >= 15 is 0 Å². The fourth-order valence-electron chi connectivity index (χ4n) is 0.891. The highest BCUT2D eigenvalue weighted by atomic mass is 79.9. The average molecular weight is 300 g/mol. The van der Waals surface area contributed by atoms with E-state index in [2.05, 4.69) is 20.7 Å². The minimum Gasteiger partial charge on any atom is -0.484 e. The average Bonchev–Trinajstić information content (AvgIpc) is 2.13. The maximum atomic E-state index is 11.8. The van der Waals surface area contributed by atoms with E-state index in [0.717, 1.165) is 18.2 Å². The fourth-order valence-corrected chi connectivity index (χ4v) is 1.39. The van der Waals surface area contributed by atoms with E-state index in [1.54, 1.807) is 0 Å². The van der Waals surface area contributed by atoms with Crippen LogP contribution in [0.4, 0.5) is 18.9 Å². The van der Waals surface area contributed by atoms with Gasteiger partial charge < -0.3 is 4.74 Å². The molecule has 1 aromatic rings. The lowest BCUT2D eigenvalue weighted by Crippen LogP contribution is -2.19. The van der Waals surface area contributed by atoms with Crippen LogP contribution in [0.2, 0.25) is 0 Å². The summed E-state index contributed by atoms with van der Waals surface area (Å²) in [5.41, 5.74) is -0.237. The maximum absolute atomic E-state index is 11.8. The molecule has 1 aromatic carbocycles. The van der Waals surface area contributed by atoms with Crippen LogP contribution in [0.1, 0.15) is 0 Å². The van der Waals surface area contributed by atoms with Gasteiger partial charge in [0, 0.05) is 12.1 Å².